The third-order valence-electron chi connectivity index (χ3n) is 2.61. The number of halogens is 1. The van der Waals surface area contributed by atoms with Crippen LogP contribution in [0.25, 0.3) is 0 Å². The highest BCUT2D eigenvalue weighted by Crippen LogP contribution is 2.26. The standard InChI is InChI=1S/C14H13BrN2OS/c1-19-13-5-3-2-4-12(13)17-14(18)10-7-6-9(15)8-11(10)16/h2-8H,16H2,1H3,(H,17,18). The fraction of sp³-hybridized carbons (Fsp3) is 0.0714. The number of hydrogen-bond acceptors (Lipinski definition) is 3. The van der Waals surface area contributed by atoms with Crippen LogP contribution in [-0.4, -0.2) is 12.2 Å². The van der Waals surface area contributed by atoms with Gasteiger partial charge in [-0.2, -0.15) is 0 Å². The van der Waals surface area contributed by atoms with Crippen molar-refractivity contribution in [1.29, 1.82) is 0 Å². The molecule has 2 aromatic carbocycles. The molecule has 0 aliphatic heterocycles. The number of para-hydroxylation sites is 1. The lowest BCUT2D eigenvalue weighted by Gasteiger charge is -2.10. The van der Waals surface area contributed by atoms with Gasteiger partial charge in [-0.05, 0) is 36.6 Å². The molecule has 2 rings (SSSR count). The van der Waals surface area contributed by atoms with Crippen LogP contribution in [0.1, 0.15) is 10.4 Å². The average molecular weight is 337 g/mol. The van der Waals surface area contributed by atoms with Crippen LogP contribution in [-0.2, 0) is 0 Å². The van der Waals surface area contributed by atoms with Gasteiger partial charge in [0.05, 0.1) is 11.3 Å². The van der Waals surface area contributed by atoms with Crippen molar-refractivity contribution in [2.24, 2.45) is 0 Å². The number of hydrogen-bond donors (Lipinski definition) is 2. The van der Waals surface area contributed by atoms with E-state index in [-0.39, 0.29) is 5.91 Å². The van der Waals surface area contributed by atoms with E-state index in [0.717, 1.165) is 15.1 Å². The lowest BCUT2D eigenvalue weighted by atomic mass is 10.1. The van der Waals surface area contributed by atoms with Crippen LogP contribution in [0, 0.1) is 0 Å². The summed E-state index contributed by atoms with van der Waals surface area (Å²) in [5, 5.41) is 2.88. The van der Waals surface area contributed by atoms with E-state index < -0.39 is 0 Å². The maximum absolute atomic E-state index is 12.2. The predicted molar refractivity (Wildman–Crippen MR) is 84.7 cm³/mol. The second-order valence-electron chi connectivity index (χ2n) is 3.89. The molecule has 5 heteroatoms. The first-order chi connectivity index (χ1) is 9.11. The molecule has 19 heavy (non-hydrogen) atoms. The molecule has 3 N–H and O–H groups in total. The number of nitrogens with two attached hydrogens (primary N) is 1. The number of benzene rings is 2. The largest absolute Gasteiger partial charge is 0.398 e. The van der Waals surface area contributed by atoms with Crippen LogP contribution in [0.15, 0.2) is 51.8 Å². The van der Waals surface area contributed by atoms with Crippen molar-refractivity contribution in [3.63, 3.8) is 0 Å². The molecule has 0 heterocycles. The Morgan fingerprint density at radius 2 is 2.00 bits per heavy atom. The number of amides is 1. The van der Waals surface area contributed by atoms with Gasteiger partial charge in [-0.1, -0.05) is 28.1 Å². The normalized spacial score (nSPS) is 10.2. The summed E-state index contributed by atoms with van der Waals surface area (Å²) in [6, 6.07) is 12.9. The number of rotatable bonds is 3. The summed E-state index contributed by atoms with van der Waals surface area (Å²) >= 11 is 4.91. The maximum atomic E-state index is 12.2. The monoisotopic (exact) mass is 336 g/mol. The van der Waals surface area contributed by atoms with E-state index in [1.54, 1.807) is 30.0 Å². The van der Waals surface area contributed by atoms with Crippen LogP contribution in [0.4, 0.5) is 11.4 Å². The quantitative estimate of drug-likeness (QED) is 0.657. The fourth-order valence-electron chi connectivity index (χ4n) is 1.68. The molecule has 2 aromatic rings. The van der Waals surface area contributed by atoms with Crippen LogP contribution < -0.4 is 11.1 Å². The highest BCUT2D eigenvalue weighted by molar-refractivity contribution is 9.10. The molecule has 0 bridgehead atoms. The summed E-state index contributed by atoms with van der Waals surface area (Å²) in [7, 11) is 0. The van der Waals surface area contributed by atoms with Gasteiger partial charge in [-0.3, -0.25) is 4.79 Å². The van der Waals surface area contributed by atoms with Gasteiger partial charge in [-0.15, -0.1) is 11.8 Å². The molecule has 3 nitrogen and oxygen atoms in total. The van der Waals surface area contributed by atoms with Crippen LogP contribution in [0.2, 0.25) is 0 Å². The molecule has 0 radical (unpaired) electrons. The molecule has 98 valence electrons. The molecule has 0 aromatic heterocycles. The lowest BCUT2D eigenvalue weighted by Crippen LogP contribution is -2.14. The summed E-state index contributed by atoms with van der Waals surface area (Å²) < 4.78 is 0.853. The molecule has 0 aliphatic rings. The van der Waals surface area contributed by atoms with Crippen molar-refractivity contribution in [3.8, 4) is 0 Å². The first kappa shape index (κ1) is 14.0. The van der Waals surface area contributed by atoms with Gasteiger partial charge in [0.25, 0.3) is 5.91 Å². The molecule has 0 aliphatic carbocycles. The Hall–Kier alpha value is -1.46. The smallest absolute Gasteiger partial charge is 0.257 e. The molecule has 0 spiro atoms. The zero-order valence-electron chi connectivity index (χ0n) is 10.3. The summed E-state index contributed by atoms with van der Waals surface area (Å²) in [5.41, 5.74) is 7.57. The fourth-order valence-corrected chi connectivity index (χ4v) is 2.61. The number of anilines is 2. The second kappa shape index (κ2) is 6.12. The van der Waals surface area contributed by atoms with Gasteiger partial charge < -0.3 is 11.1 Å². The summed E-state index contributed by atoms with van der Waals surface area (Å²) in [6.07, 6.45) is 1.97. The number of carbonyl (C=O) groups is 1. The molecule has 0 saturated carbocycles. The predicted octanol–water partition coefficient (Wildman–Crippen LogP) is 4.01. The first-order valence-electron chi connectivity index (χ1n) is 5.61. The SMILES string of the molecule is CSc1ccccc1NC(=O)c1ccc(Br)cc1N. The van der Waals surface area contributed by atoms with Crippen LogP contribution in [0.5, 0.6) is 0 Å². The highest BCUT2D eigenvalue weighted by atomic mass is 79.9. The number of thioether (sulfide) groups is 1. The third kappa shape index (κ3) is 3.30. The Labute approximate surface area is 124 Å². The van der Waals surface area contributed by atoms with Gasteiger partial charge in [0.15, 0.2) is 0 Å². The Bertz CT molecular complexity index is 616. The van der Waals surface area contributed by atoms with Crippen LogP contribution >= 0.6 is 27.7 Å². The first-order valence-corrected chi connectivity index (χ1v) is 7.63. The Kier molecular flexibility index (Phi) is 4.50. The van der Waals surface area contributed by atoms with Crippen molar-refractivity contribution in [3.05, 3.63) is 52.5 Å². The Balaban J connectivity index is 2.26. The Morgan fingerprint density at radius 3 is 2.68 bits per heavy atom. The average Bonchev–Trinajstić information content (AvgIpc) is 2.39. The van der Waals surface area contributed by atoms with Gasteiger partial charge in [-0.25, -0.2) is 0 Å². The van der Waals surface area contributed by atoms with E-state index in [0.29, 0.717) is 11.3 Å². The van der Waals surface area contributed by atoms with E-state index in [1.165, 1.54) is 0 Å². The van der Waals surface area contributed by atoms with Gasteiger partial charge >= 0.3 is 0 Å². The molecule has 0 unspecified atom stereocenters. The Morgan fingerprint density at radius 1 is 1.26 bits per heavy atom. The van der Waals surface area contributed by atoms with E-state index in [1.807, 2.05) is 30.5 Å². The highest BCUT2D eigenvalue weighted by Gasteiger charge is 2.11. The van der Waals surface area contributed by atoms with Crippen molar-refractivity contribution in [2.45, 2.75) is 4.90 Å². The summed E-state index contributed by atoms with van der Waals surface area (Å²) in [6.45, 7) is 0. The maximum Gasteiger partial charge on any atom is 0.257 e. The molecular weight excluding hydrogens is 324 g/mol. The van der Waals surface area contributed by atoms with Crippen LogP contribution in [0.3, 0.4) is 0 Å². The molecule has 0 atom stereocenters. The zero-order chi connectivity index (χ0) is 13.8. The minimum absolute atomic E-state index is 0.202. The molecule has 0 saturated heterocycles. The summed E-state index contributed by atoms with van der Waals surface area (Å²) in [5.74, 6) is -0.202. The molecular formula is C14H13BrN2OS. The minimum atomic E-state index is -0.202. The molecule has 0 fully saturated rings. The second-order valence-corrected chi connectivity index (χ2v) is 5.65. The lowest BCUT2D eigenvalue weighted by molar-refractivity contribution is 0.102. The van der Waals surface area contributed by atoms with Gasteiger partial charge in [0.1, 0.15) is 0 Å². The van der Waals surface area contributed by atoms with E-state index in [4.69, 9.17) is 5.73 Å². The van der Waals surface area contributed by atoms with E-state index >= 15 is 0 Å². The number of nitrogens with one attached hydrogen (secondary N) is 1. The van der Waals surface area contributed by atoms with Crippen molar-refractivity contribution < 1.29 is 4.79 Å². The third-order valence-corrected chi connectivity index (χ3v) is 3.90. The van der Waals surface area contributed by atoms with Gasteiger partial charge in [0.2, 0.25) is 0 Å². The summed E-state index contributed by atoms with van der Waals surface area (Å²) in [4.78, 5) is 13.2. The van der Waals surface area contributed by atoms with Crippen molar-refractivity contribution >= 4 is 45.0 Å². The van der Waals surface area contributed by atoms with E-state index in [9.17, 15) is 4.79 Å². The van der Waals surface area contributed by atoms with Crippen molar-refractivity contribution in [1.82, 2.24) is 0 Å². The van der Waals surface area contributed by atoms with E-state index in [2.05, 4.69) is 21.2 Å². The topological polar surface area (TPSA) is 55.1 Å². The zero-order valence-corrected chi connectivity index (χ0v) is 12.7. The van der Waals surface area contributed by atoms with Gasteiger partial charge in [0, 0.05) is 15.1 Å². The molecule has 1 amide bonds. The number of carbonyl (C=O) groups excluding carboxylic acids is 1. The number of nitrogen functional groups attached to an aromatic ring is 1. The van der Waals surface area contributed by atoms with Crippen molar-refractivity contribution in [2.75, 3.05) is 17.3 Å². The minimum Gasteiger partial charge on any atom is -0.398 e.